The number of carbonyl (C=O) groups excluding carboxylic acids is 1. The van der Waals surface area contributed by atoms with Crippen LogP contribution in [0.25, 0.3) is 0 Å². The van der Waals surface area contributed by atoms with Crippen molar-refractivity contribution < 1.29 is 9.18 Å². The van der Waals surface area contributed by atoms with Gasteiger partial charge in [-0.1, -0.05) is 12.1 Å². The summed E-state index contributed by atoms with van der Waals surface area (Å²) in [7, 11) is 0. The Kier molecular flexibility index (Phi) is 4.57. The zero-order valence-electron chi connectivity index (χ0n) is 13.1. The molecule has 0 fully saturated rings. The van der Waals surface area contributed by atoms with E-state index < -0.39 is 0 Å². The van der Waals surface area contributed by atoms with E-state index in [0.717, 1.165) is 11.4 Å². The summed E-state index contributed by atoms with van der Waals surface area (Å²) in [6.07, 6.45) is 0. The lowest BCUT2D eigenvalue weighted by molar-refractivity contribution is -0.117. The Balaban J connectivity index is 1.98. The van der Waals surface area contributed by atoms with Crippen molar-refractivity contribution in [1.29, 1.82) is 0 Å². The van der Waals surface area contributed by atoms with Gasteiger partial charge in [-0.2, -0.15) is 0 Å². The Morgan fingerprint density at radius 3 is 2.57 bits per heavy atom. The third-order valence-electron chi connectivity index (χ3n) is 4.09. The van der Waals surface area contributed by atoms with Crippen molar-refractivity contribution in [2.45, 2.75) is 26.4 Å². The summed E-state index contributed by atoms with van der Waals surface area (Å²) in [6, 6.07) is 13.0. The van der Waals surface area contributed by atoms with Gasteiger partial charge in [-0.3, -0.25) is 4.79 Å². The van der Waals surface area contributed by atoms with Crippen LogP contribution in [-0.4, -0.2) is 18.5 Å². The SMILES string of the molecule is CC(=O)N1c2ccc(F)cc2N(Cc2ccc(I)cc2)C[C@@H]1C. The van der Waals surface area contributed by atoms with Crippen LogP contribution in [0.1, 0.15) is 19.4 Å². The number of hydrogen-bond acceptors (Lipinski definition) is 2. The molecule has 2 aromatic rings. The van der Waals surface area contributed by atoms with Gasteiger partial charge in [0.15, 0.2) is 0 Å². The molecular formula is C18H18FIN2O. The normalized spacial score (nSPS) is 17.1. The first kappa shape index (κ1) is 16.2. The second kappa shape index (κ2) is 6.47. The lowest BCUT2D eigenvalue weighted by atomic mass is 10.1. The van der Waals surface area contributed by atoms with Crippen molar-refractivity contribution in [1.82, 2.24) is 0 Å². The van der Waals surface area contributed by atoms with E-state index in [9.17, 15) is 9.18 Å². The number of benzene rings is 2. The number of fused-ring (bicyclic) bond motifs is 1. The lowest BCUT2D eigenvalue weighted by Gasteiger charge is -2.42. The van der Waals surface area contributed by atoms with Gasteiger partial charge in [0.2, 0.25) is 5.91 Å². The Morgan fingerprint density at radius 2 is 1.91 bits per heavy atom. The second-order valence-corrected chi connectivity index (χ2v) is 7.12. The predicted octanol–water partition coefficient (Wildman–Crippen LogP) is 4.19. The maximum atomic E-state index is 13.8. The minimum Gasteiger partial charge on any atom is -0.363 e. The van der Waals surface area contributed by atoms with E-state index in [2.05, 4.69) is 51.8 Å². The zero-order chi connectivity index (χ0) is 16.6. The molecule has 23 heavy (non-hydrogen) atoms. The summed E-state index contributed by atoms with van der Waals surface area (Å²) < 4.78 is 14.9. The molecule has 0 unspecified atom stereocenters. The van der Waals surface area contributed by atoms with Crippen molar-refractivity contribution in [2.24, 2.45) is 0 Å². The molecule has 120 valence electrons. The zero-order valence-corrected chi connectivity index (χ0v) is 15.2. The van der Waals surface area contributed by atoms with E-state index in [4.69, 9.17) is 0 Å². The number of anilines is 2. The lowest BCUT2D eigenvalue weighted by Crippen LogP contribution is -2.49. The molecule has 2 aromatic carbocycles. The van der Waals surface area contributed by atoms with Gasteiger partial charge in [0, 0.05) is 23.6 Å². The standard InChI is InChI=1S/C18H18FIN2O/c1-12-10-21(11-14-3-6-16(20)7-4-14)18-9-15(19)5-8-17(18)22(12)13(2)23/h3-9,12H,10-11H2,1-2H3/t12-/m0/s1. The number of hydrogen-bond donors (Lipinski definition) is 0. The summed E-state index contributed by atoms with van der Waals surface area (Å²) in [5.41, 5.74) is 2.73. The second-order valence-electron chi connectivity index (χ2n) is 5.88. The van der Waals surface area contributed by atoms with Crippen molar-refractivity contribution in [2.75, 3.05) is 16.3 Å². The molecule has 0 radical (unpaired) electrons. The third kappa shape index (κ3) is 3.34. The average Bonchev–Trinajstić information content (AvgIpc) is 2.49. The van der Waals surface area contributed by atoms with Crippen molar-refractivity contribution in [3.8, 4) is 0 Å². The van der Waals surface area contributed by atoms with Gasteiger partial charge in [0.1, 0.15) is 5.82 Å². The molecule has 1 atom stereocenters. The van der Waals surface area contributed by atoms with E-state index in [0.29, 0.717) is 13.1 Å². The summed E-state index contributed by atoms with van der Waals surface area (Å²) in [4.78, 5) is 15.9. The highest BCUT2D eigenvalue weighted by Crippen LogP contribution is 2.37. The van der Waals surface area contributed by atoms with Crippen LogP contribution in [0.3, 0.4) is 0 Å². The molecule has 1 aliphatic heterocycles. The van der Waals surface area contributed by atoms with Gasteiger partial charge in [-0.15, -0.1) is 0 Å². The van der Waals surface area contributed by atoms with Crippen LogP contribution in [0, 0.1) is 9.39 Å². The van der Waals surface area contributed by atoms with Gasteiger partial charge < -0.3 is 9.80 Å². The number of rotatable bonds is 2. The topological polar surface area (TPSA) is 23.6 Å². The predicted molar refractivity (Wildman–Crippen MR) is 99.2 cm³/mol. The van der Waals surface area contributed by atoms with Crippen LogP contribution in [0.15, 0.2) is 42.5 Å². The van der Waals surface area contributed by atoms with Gasteiger partial charge >= 0.3 is 0 Å². The first-order valence-corrected chi connectivity index (χ1v) is 8.62. The first-order valence-electron chi connectivity index (χ1n) is 7.54. The molecule has 3 nitrogen and oxygen atoms in total. The molecule has 0 aromatic heterocycles. The molecule has 3 rings (SSSR count). The fourth-order valence-corrected chi connectivity index (χ4v) is 3.49. The summed E-state index contributed by atoms with van der Waals surface area (Å²) in [6.45, 7) is 4.96. The molecule has 1 aliphatic rings. The molecule has 0 spiro atoms. The molecule has 0 saturated carbocycles. The van der Waals surface area contributed by atoms with Crippen LogP contribution >= 0.6 is 22.6 Å². The highest BCUT2D eigenvalue weighted by Gasteiger charge is 2.30. The maximum Gasteiger partial charge on any atom is 0.224 e. The summed E-state index contributed by atoms with van der Waals surface area (Å²) >= 11 is 2.28. The highest BCUT2D eigenvalue weighted by molar-refractivity contribution is 14.1. The largest absolute Gasteiger partial charge is 0.363 e. The van der Waals surface area contributed by atoms with Gasteiger partial charge in [-0.25, -0.2) is 4.39 Å². The van der Waals surface area contributed by atoms with Gasteiger partial charge in [0.05, 0.1) is 17.4 Å². The number of nitrogens with zero attached hydrogens (tertiary/aromatic N) is 2. The fourth-order valence-electron chi connectivity index (χ4n) is 3.13. The van der Waals surface area contributed by atoms with Gasteiger partial charge in [0.25, 0.3) is 0 Å². The average molecular weight is 424 g/mol. The molecule has 0 N–H and O–H groups in total. The van der Waals surface area contributed by atoms with Crippen molar-refractivity contribution in [3.05, 3.63) is 57.4 Å². The van der Waals surface area contributed by atoms with Crippen LogP contribution in [0.5, 0.6) is 0 Å². The van der Waals surface area contributed by atoms with E-state index in [1.54, 1.807) is 17.9 Å². The Morgan fingerprint density at radius 1 is 1.22 bits per heavy atom. The van der Waals surface area contributed by atoms with Crippen LogP contribution in [0.4, 0.5) is 15.8 Å². The Bertz CT molecular complexity index is 732. The highest BCUT2D eigenvalue weighted by atomic mass is 127. The van der Waals surface area contributed by atoms with Crippen LogP contribution in [-0.2, 0) is 11.3 Å². The molecular weight excluding hydrogens is 406 g/mol. The van der Waals surface area contributed by atoms with Crippen molar-refractivity contribution >= 4 is 39.9 Å². The number of amides is 1. The Hall–Kier alpha value is -1.63. The molecule has 0 bridgehead atoms. The third-order valence-corrected chi connectivity index (χ3v) is 4.81. The maximum absolute atomic E-state index is 13.8. The number of halogens is 2. The van der Waals surface area contributed by atoms with E-state index in [-0.39, 0.29) is 17.8 Å². The molecule has 0 aliphatic carbocycles. The minimum absolute atomic E-state index is 0.0146. The van der Waals surface area contributed by atoms with E-state index in [1.165, 1.54) is 21.3 Å². The van der Waals surface area contributed by atoms with Crippen molar-refractivity contribution in [3.63, 3.8) is 0 Å². The molecule has 0 saturated heterocycles. The molecule has 1 amide bonds. The minimum atomic E-state index is -0.283. The first-order chi connectivity index (χ1) is 11.0. The summed E-state index contributed by atoms with van der Waals surface area (Å²) in [5, 5.41) is 0. The van der Waals surface area contributed by atoms with E-state index in [1.807, 2.05) is 6.92 Å². The quantitative estimate of drug-likeness (QED) is 0.676. The van der Waals surface area contributed by atoms with Crippen LogP contribution in [0.2, 0.25) is 0 Å². The Labute approximate surface area is 149 Å². The number of carbonyl (C=O) groups is 1. The molecule has 5 heteroatoms. The van der Waals surface area contributed by atoms with Gasteiger partial charge in [-0.05, 0) is 65.4 Å². The fraction of sp³-hybridized carbons (Fsp3) is 0.278. The molecule has 1 heterocycles. The summed E-state index contributed by atoms with van der Waals surface area (Å²) in [5.74, 6) is -0.298. The smallest absolute Gasteiger partial charge is 0.224 e. The van der Waals surface area contributed by atoms with Crippen LogP contribution < -0.4 is 9.80 Å². The monoisotopic (exact) mass is 424 g/mol. The van der Waals surface area contributed by atoms with E-state index >= 15 is 0 Å².